The van der Waals surface area contributed by atoms with Crippen LogP contribution in [0.25, 0.3) is 0 Å². The second-order valence-electron chi connectivity index (χ2n) is 4.53. The normalized spacial score (nSPS) is 11.7. The topological polar surface area (TPSA) is 76.4 Å². The van der Waals surface area contributed by atoms with E-state index in [1.807, 2.05) is 11.6 Å². The Balaban J connectivity index is 2.10. The zero-order valence-corrected chi connectivity index (χ0v) is 12.7. The van der Waals surface area contributed by atoms with Gasteiger partial charge in [-0.3, -0.25) is 4.99 Å². The highest BCUT2D eigenvalue weighted by Gasteiger charge is 2.02. The monoisotopic (exact) mass is 282 g/mol. The van der Waals surface area contributed by atoms with Crippen LogP contribution in [0, 0.1) is 0 Å². The molecule has 0 aliphatic heterocycles. The van der Waals surface area contributed by atoms with Crippen LogP contribution in [0.1, 0.15) is 32.0 Å². The standard InChI is InChI=1S/C13H26N6O/c1-4-5-8-20-9-6-7-15-13(14-2)16-10-12-18-17-11-19(12)3/h11H,4-10H2,1-3H3,(H2,14,15,16). The van der Waals surface area contributed by atoms with Crippen LogP contribution in [0.2, 0.25) is 0 Å². The van der Waals surface area contributed by atoms with Crippen molar-refractivity contribution < 1.29 is 4.74 Å². The molecule has 1 aromatic rings. The van der Waals surface area contributed by atoms with Crippen molar-refractivity contribution in [3.63, 3.8) is 0 Å². The first-order valence-corrected chi connectivity index (χ1v) is 7.13. The summed E-state index contributed by atoms with van der Waals surface area (Å²) in [5, 5.41) is 14.3. The van der Waals surface area contributed by atoms with Gasteiger partial charge in [-0.2, -0.15) is 0 Å². The van der Waals surface area contributed by atoms with Gasteiger partial charge in [0, 0.05) is 33.9 Å². The fraction of sp³-hybridized carbons (Fsp3) is 0.769. The molecule has 0 aromatic carbocycles. The number of aliphatic imine (C=N–C) groups is 1. The fourth-order valence-electron chi connectivity index (χ4n) is 1.58. The molecule has 0 atom stereocenters. The van der Waals surface area contributed by atoms with E-state index in [1.54, 1.807) is 13.4 Å². The van der Waals surface area contributed by atoms with Crippen molar-refractivity contribution in [3.8, 4) is 0 Å². The summed E-state index contributed by atoms with van der Waals surface area (Å²) in [5.41, 5.74) is 0. The van der Waals surface area contributed by atoms with E-state index in [2.05, 4.69) is 32.7 Å². The highest BCUT2D eigenvalue weighted by molar-refractivity contribution is 5.79. The molecule has 2 N–H and O–H groups in total. The Morgan fingerprint density at radius 3 is 2.80 bits per heavy atom. The summed E-state index contributed by atoms with van der Waals surface area (Å²) in [6.07, 6.45) is 4.96. The molecule has 0 saturated heterocycles. The number of rotatable bonds is 9. The number of nitrogens with one attached hydrogen (secondary N) is 2. The molecule has 0 aliphatic carbocycles. The summed E-state index contributed by atoms with van der Waals surface area (Å²) < 4.78 is 7.38. The molecule has 20 heavy (non-hydrogen) atoms. The summed E-state index contributed by atoms with van der Waals surface area (Å²) in [4.78, 5) is 4.16. The van der Waals surface area contributed by atoms with E-state index in [0.29, 0.717) is 6.54 Å². The third kappa shape index (κ3) is 6.51. The maximum Gasteiger partial charge on any atom is 0.191 e. The molecule has 7 heteroatoms. The fourth-order valence-corrected chi connectivity index (χ4v) is 1.58. The lowest BCUT2D eigenvalue weighted by atomic mass is 10.4. The van der Waals surface area contributed by atoms with Gasteiger partial charge >= 0.3 is 0 Å². The molecular formula is C13H26N6O. The minimum absolute atomic E-state index is 0.600. The summed E-state index contributed by atoms with van der Waals surface area (Å²) in [6.45, 7) is 5.24. The third-order valence-corrected chi connectivity index (χ3v) is 2.84. The van der Waals surface area contributed by atoms with Crippen LogP contribution >= 0.6 is 0 Å². The van der Waals surface area contributed by atoms with Crippen LogP contribution in [-0.4, -0.2) is 47.5 Å². The number of hydrogen-bond acceptors (Lipinski definition) is 4. The van der Waals surface area contributed by atoms with Gasteiger partial charge in [-0.05, 0) is 12.8 Å². The second-order valence-corrected chi connectivity index (χ2v) is 4.53. The number of unbranched alkanes of at least 4 members (excludes halogenated alkanes) is 1. The van der Waals surface area contributed by atoms with E-state index in [1.165, 1.54) is 6.42 Å². The Morgan fingerprint density at radius 2 is 2.15 bits per heavy atom. The number of nitrogens with zero attached hydrogens (tertiary/aromatic N) is 4. The number of guanidine groups is 1. The second kappa shape index (κ2) is 10.2. The van der Waals surface area contributed by atoms with Gasteiger partial charge in [-0.15, -0.1) is 10.2 Å². The molecule has 0 fully saturated rings. The van der Waals surface area contributed by atoms with Crippen LogP contribution < -0.4 is 10.6 Å². The van der Waals surface area contributed by atoms with E-state index in [-0.39, 0.29) is 0 Å². The summed E-state index contributed by atoms with van der Waals surface area (Å²) >= 11 is 0. The lowest BCUT2D eigenvalue weighted by Crippen LogP contribution is -2.38. The lowest BCUT2D eigenvalue weighted by Gasteiger charge is -2.11. The molecule has 0 amide bonds. The van der Waals surface area contributed by atoms with Crippen LogP contribution in [0.3, 0.4) is 0 Å². The van der Waals surface area contributed by atoms with Gasteiger partial charge in [0.2, 0.25) is 0 Å². The molecule has 0 saturated carbocycles. The van der Waals surface area contributed by atoms with E-state index in [4.69, 9.17) is 4.74 Å². The van der Waals surface area contributed by atoms with Crippen molar-refractivity contribution >= 4 is 5.96 Å². The van der Waals surface area contributed by atoms with E-state index >= 15 is 0 Å². The summed E-state index contributed by atoms with van der Waals surface area (Å²) in [7, 11) is 3.67. The van der Waals surface area contributed by atoms with Crippen molar-refractivity contribution in [2.24, 2.45) is 12.0 Å². The molecule has 114 valence electrons. The highest BCUT2D eigenvalue weighted by atomic mass is 16.5. The molecular weight excluding hydrogens is 256 g/mol. The van der Waals surface area contributed by atoms with E-state index < -0.39 is 0 Å². The van der Waals surface area contributed by atoms with Crippen molar-refractivity contribution in [1.29, 1.82) is 0 Å². The zero-order valence-electron chi connectivity index (χ0n) is 12.7. The Bertz CT molecular complexity index is 390. The van der Waals surface area contributed by atoms with Crippen LogP contribution in [-0.2, 0) is 18.3 Å². The minimum atomic E-state index is 0.600. The average Bonchev–Trinajstić information content (AvgIpc) is 2.86. The average molecular weight is 282 g/mol. The van der Waals surface area contributed by atoms with Crippen molar-refractivity contribution in [3.05, 3.63) is 12.2 Å². The Labute approximate surface area is 120 Å². The van der Waals surface area contributed by atoms with Gasteiger partial charge in [-0.1, -0.05) is 13.3 Å². The highest BCUT2D eigenvalue weighted by Crippen LogP contribution is 1.91. The molecule has 1 heterocycles. The van der Waals surface area contributed by atoms with Gasteiger partial charge in [0.15, 0.2) is 11.8 Å². The largest absolute Gasteiger partial charge is 0.381 e. The maximum absolute atomic E-state index is 5.50. The molecule has 0 unspecified atom stereocenters. The summed E-state index contributed by atoms with van der Waals surface area (Å²) in [5.74, 6) is 1.64. The first-order chi connectivity index (χ1) is 9.77. The molecule has 1 rings (SSSR count). The van der Waals surface area contributed by atoms with Crippen LogP contribution in [0.5, 0.6) is 0 Å². The molecule has 0 bridgehead atoms. The predicted octanol–water partition coefficient (Wildman–Crippen LogP) is 0.687. The number of aromatic nitrogens is 3. The summed E-state index contributed by atoms with van der Waals surface area (Å²) in [6, 6.07) is 0. The SMILES string of the molecule is CCCCOCCCNC(=NC)NCc1nncn1C. The smallest absolute Gasteiger partial charge is 0.191 e. The maximum atomic E-state index is 5.50. The van der Waals surface area contributed by atoms with Crippen LogP contribution in [0.15, 0.2) is 11.3 Å². The Hall–Kier alpha value is -1.63. The van der Waals surface area contributed by atoms with Gasteiger partial charge < -0.3 is 19.9 Å². The minimum Gasteiger partial charge on any atom is -0.381 e. The first kappa shape index (κ1) is 16.4. The molecule has 0 radical (unpaired) electrons. The predicted molar refractivity (Wildman–Crippen MR) is 79.5 cm³/mol. The number of aryl methyl sites for hydroxylation is 1. The van der Waals surface area contributed by atoms with E-state index in [0.717, 1.165) is 44.4 Å². The molecule has 1 aromatic heterocycles. The Morgan fingerprint density at radius 1 is 1.35 bits per heavy atom. The molecule has 7 nitrogen and oxygen atoms in total. The molecule has 0 spiro atoms. The van der Waals surface area contributed by atoms with Gasteiger partial charge in [0.25, 0.3) is 0 Å². The van der Waals surface area contributed by atoms with Crippen LogP contribution in [0.4, 0.5) is 0 Å². The van der Waals surface area contributed by atoms with Gasteiger partial charge in [0.1, 0.15) is 6.33 Å². The zero-order chi connectivity index (χ0) is 14.6. The third-order valence-electron chi connectivity index (χ3n) is 2.84. The Kier molecular flexibility index (Phi) is 8.37. The first-order valence-electron chi connectivity index (χ1n) is 7.13. The van der Waals surface area contributed by atoms with Crippen molar-refractivity contribution in [2.75, 3.05) is 26.8 Å². The van der Waals surface area contributed by atoms with Crippen molar-refractivity contribution in [1.82, 2.24) is 25.4 Å². The lowest BCUT2D eigenvalue weighted by molar-refractivity contribution is 0.129. The number of hydrogen-bond donors (Lipinski definition) is 2. The van der Waals surface area contributed by atoms with Gasteiger partial charge in [-0.25, -0.2) is 0 Å². The molecule has 0 aliphatic rings. The van der Waals surface area contributed by atoms with E-state index in [9.17, 15) is 0 Å². The van der Waals surface area contributed by atoms with Gasteiger partial charge in [0.05, 0.1) is 6.54 Å². The van der Waals surface area contributed by atoms with Crippen molar-refractivity contribution in [2.45, 2.75) is 32.7 Å². The quantitative estimate of drug-likeness (QED) is 0.396. The number of ether oxygens (including phenoxy) is 1.